The summed E-state index contributed by atoms with van der Waals surface area (Å²) in [4.78, 5) is 3.59. The highest BCUT2D eigenvalue weighted by Crippen LogP contribution is 2.28. The van der Waals surface area contributed by atoms with Crippen molar-refractivity contribution in [1.29, 1.82) is 5.26 Å². The number of halogens is 3. The predicted octanol–water partition coefficient (Wildman–Crippen LogP) is 2.64. The van der Waals surface area contributed by atoms with Crippen molar-refractivity contribution in [2.75, 3.05) is 7.11 Å². The van der Waals surface area contributed by atoms with Gasteiger partial charge < -0.3 is 4.74 Å². The monoisotopic (exact) mass is 232 g/mol. The molecule has 80 valence electrons. The van der Waals surface area contributed by atoms with Gasteiger partial charge in [0, 0.05) is 6.07 Å². The highest BCUT2D eigenvalue weighted by atomic mass is 35.5. The molecule has 0 aliphatic carbocycles. The van der Waals surface area contributed by atoms with Crippen LogP contribution in [0.15, 0.2) is 6.07 Å². The fourth-order valence-electron chi connectivity index (χ4n) is 1.09. The number of aromatic nitrogens is 1. The van der Waals surface area contributed by atoms with Crippen molar-refractivity contribution in [3.8, 4) is 11.8 Å². The predicted molar refractivity (Wildman–Crippen MR) is 50.0 cm³/mol. The molecule has 0 aromatic carbocycles. The average Bonchev–Trinajstić information content (AvgIpc) is 2.26. The molecule has 0 fully saturated rings. The van der Waals surface area contributed by atoms with Crippen LogP contribution in [0.2, 0.25) is 0 Å². The van der Waals surface area contributed by atoms with Crippen LogP contribution in [0.3, 0.4) is 0 Å². The third-order valence-corrected chi connectivity index (χ3v) is 2.01. The van der Waals surface area contributed by atoms with Crippen LogP contribution in [0.5, 0.6) is 5.75 Å². The second-order valence-electron chi connectivity index (χ2n) is 2.62. The summed E-state index contributed by atoms with van der Waals surface area (Å²) in [6.07, 6.45) is -2.82. The zero-order chi connectivity index (χ0) is 11.4. The molecular weight excluding hydrogens is 226 g/mol. The summed E-state index contributed by atoms with van der Waals surface area (Å²) in [5.41, 5.74) is -0.586. The van der Waals surface area contributed by atoms with Crippen LogP contribution in [-0.2, 0) is 5.88 Å². The van der Waals surface area contributed by atoms with Gasteiger partial charge >= 0.3 is 0 Å². The van der Waals surface area contributed by atoms with Crippen LogP contribution in [0, 0.1) is 11.3 Å². The molecule has 0 N–H and O–H groups in total. The summed E-state index contributed by atoms with van der Waals surface area (Å²) >= 11 is 5.48. The van der Waals surface area contributed by atoms with Crippen LogP contribution in [0.25, 0.3) is 0 Å². The topological polar surface area (TPSA) is 45.9 Å². The molecule has 1 aromatic heterocycles. The standard InChI is InChI=1S/C9H7ClF2N2O/c1-15-7-2-5(3-10)14-8(9(11)12)6(7)4-13/h2,9H,3H2,1H3. The molecule has 0 aliphatic rings. The van der Waals surface area contributed by atoms with Gasteiger partial charge in [-0.1, -0.05) is 0 Å². The van der Waals surface area contributed by atoms with Crippen LogP contribution in [0.1, 0.15) is 23.4 Å². The fraction of sp³-hybridized carbons (Fsp3) is 0.333. The Morgan fingerprint density at radius 1 is 1.67 bits per heavy atom. The van der Waals surface area contributed by atoms with Gasteiger partial charge in [-0.2, -0.15) is 5.26 Å². The summed E-state index contributed by atoms with van der Waals surface area (Å²) in [5, 5.41) is 8.71. The van der Waals surface area contributed by atoms with E-state index < -0.39 is 12.1 Å². The Kier molecular flexibility index (Phi) is 3.81. The Bertz CT molecular complexity index is 404. The van der Waals surface area contributed by atoms with Crippen molar-refractivity contribution >= 4 is 11.6 Å². The van der Waals surface area contributed by atoms with E-state index in [2.05, 4.69) is 4.98 Å². The molecule has 0 saturated heterocycles. The van der Waals surface area contributed by atoms with Crippen LogP contribution < -0.4 is 4.74 Å². The van der Waals surface area contributed by atoms with Gasteiger partial charge in [-0.15, -0.1) is 11.6 Å². The number of ether oxygens (including phenoxy) is 1. The highest BCUT2D eigenvalue weighted by molar-refractivity contribution is 6.16. The van der Waals surface area contributed by atoms with E-state index in [1.807, 2.05) is 0 Å². The molecule has 0 saturated carbocycles. The lowest BCUT2D eigenvalue weighted by Crippen LogP contribution is -2.02. The molecular formula is C9H7ClF2N2O. The maximum absolute atomic E-state index is 12.5. The Hall–Kier alpha value is -1.41. The molecule has 15 heavy (non-hydrogen) atoms. The van der Waals surface area contributed by atoms with E-state index in [-0.39, 0.29) is 22.9 Å². The number of nitrogens with zero attached hydrogens (tertiary/aromatic N) is 2. The lowest BCUT2D eigenvalue weighted by Gasteiger charge is -2.08. The van der Waals surface area contributed by atoms with Gasteiger partial charge in [-0.05, 0) is 0 Å². The molecule has 0 aliphatic heterocycles. The van der Waals surface area contributed by atoms with E-state index >= 15 is 0 Å². The fourth-order valence-corrected chi connectivity index (χ4v) is 1.23. The number of nitriles is 1. The van der Waals surface area contributed by atoms with Gasteiger partial charge in [0.25, 0.3) is 6.43 Å². The molecule has 6 heteroatoms. The summed E-state index contributed by atoms with van der Waals surface area (Å²) in [5.74, 6) is 0.0559. The van der Waals surface area contributed by atoms with Gasteiger partial charge in [-0.3, -0.25) is 0 Å². The minimum absolute atomic E-state index is 0.0121. The summed E-state index contributed by atoms with van der Waals surface area (Å²) in [6.45, 7) is 0. The zero-order valence-electron chi connectivity index (χ0n) is 7.80. The van der Waals surface area contributed by atoms with Gasteiger partial charge in [0.2, 0.25) is 0 Å². The maximum Gasteiger partial charge on any atom is 0.281 e. The van der Waals surface area contributed by atoms with Crippen molar-refractivity contribution in [2.24, 2.45) is 0 Å². The second-order valence-corrected chi connectivity index (χ2v) is 2.89. The molecule has 0 spiro atoms. The van der Waals surface area contributed by atoms with E-state index in [9.17, 15) is 8.78 Å². The summed E-state index contributed by atoms with van der Waals surface area (Å²) in [6, 6.07) is 3.01. The number of alkyl halides is 3. The Balaban J connectivity index is 3.41. The van der Waals surface area contributed by atoms with Crippen molar-refractivity contribution in [3.05, 3.63) is 23.0 Å². The normalized spacial score (nSPS) is 10.1. The first kappa shape index (κ1) is 11.7. The molecule has 0 atom stereocenters. The number of rotatable bonds is 3. The first-order valence-corrected chi connectivity index (χ1v) is 4.49. The lowest BCUT2D eigenvalue weighted by atomic mass is 10.1. The minimum Gasteiger partial charge on any atom is -0.495 e. The van der Waals surface area contributed by atoms with Crippen LogP contribution >= 0.6 is 11.6 Å². The average molecular weight is 233 g/mol. The van der Waals surface area contributed by atoms with E-state index in [0.717, 1.165) is 0 Å². The van der Waals surface area contributed by atoms with E-state index in [1.54, 1.807) is 6.07 Å². The molecule has 0 bridgehead atoms. The van der Waals surface area contributed by atoms with Crippen molar-refractivity contribution in [2.45, 2.75) is 12.3 Å². The van der Waals surface area contributed by atoms with E-state index in [1.165, 1.54) is 13.2 Å². The van der Waals surface area contributed by atoms with Crippen LogP contribution in [0.4, 0.5) is 8.78 Å². The lowest BCUT2D eigenvalue weighted by molar-refractivity contribution is 0.145. The van der Waals surface area contributed by atoms with Crippen molar-refractivity contribution < 1.29 is 13.5 Å². The second kappa shape index (κ2) is 4.89. The molecule has 1 heterocycles. The van der Waals surface area contributed by atoms with Crippen molar-refractivity contribution in [3.63, 3.8) is 0 Å². The van der Waals surface area contributed by atoms with Gasteiger partial charge in [0.05, 0.1) is 18.7 Å². The summed E-state index contributed by atoms with van der Waals surface area (Å²) in [7, 11) is 1.30. The molecule has 1 rings (SSSR count). The third-order valence-electron chi connectivity index (χ3n) is 1.74. The van der Waals surface area contributed by atoms with E-state index in [0.29, 0.717) is 0 Å². The molecule has 0 unspecified atom stereocenters. The third kappa shape index (κ3) is 2.34. The van der Waals surface area contributed by atoms with E-state index in [4.69, 9.17) is 21.6 Å². The highest BCUT2D eigenvalue weighted by Gasteiger charge is 2.20. The molecule has 1 aromatic rings. The zero-order valence-corrected chi connectivity index (χ0v) is 8.55. The number of pyridine rings is 1. The van der Waals surface area contributed by atoms with Crippen LogP contribution in [-0.4, -0.2) is 12.1 Å². The SMILES string of the molecule is COc1cc(CCl)nc(C(F)F)c1C#N. The molecule has 0 amide bonds. The Labute approximate surface area is 90.3 Å². The summed E-state index contributed by atoms with van der Waals surface area (Å²) < 4.78 is 29.9. The first-order valence-electron chi connectivity index (χ1n) is 3.96. The van der Waals surface area contributed by atoms with Gasteiger partial charge in [0.15, 0.2) is 0 Å². The number of methoxy groups -OCH3 is 1. The largest absolute Gasteiger partial charge is 0.495 e. The van der Waals surface area contributed by atoms with Crippen molar-refractivity contribution in [1.82, 2.24) is 4.98 Å². The Morgan fingerprint density at radius 3 is 2.73 bits per heavy atom. The number of hydrogen-bond acceptors (Lipinski definition) is 3. The molecule has 0 radical (unpaired) electrons. The Morgan fingerprint density at radius 2 is 2.33 bits per heavy atom. The quantitative estimate of drug-likeness (QED) is 0.753. The van der Waals surface area contributed by atoms with Gasteiger partial charge in [-0.25, -0.2) is 13.8 Å². The molecule has 3 nitrogen and oxygen atoms in total. The number of hydrogen-bond donors (Lipinski definition) is 0. The maximum atomic E-state index is 12.5. The smallest absolute Gasteiger partial charge is 0.281 e. The minimum atomic E-state index is -2.82. The van der Waals surface area contributed by atoms with Gasteiger partial charge in [0.1, 0.15) is 23.1 Å². The first-order chi connectivity index (χ1) is 7.13.